The summed E-state index contributed by atoms with van der Waals surface area (Å²) in [6.07, 6.45) is 2.60. The van der Waals surface area contributed by atoms with Gasteiger partial charge in [-0.05, 0) is 87.2 Å². The number of fused-ring (bicyclic) bond motifs is 5. The predicted molar refractivity (Wildman–Crippen MR) is 211 cm³/mol. The first-order valence-electron chi connectivity index (χ1n) is 20.0. The molecule has 0 unspecified atom stereocenters. The van der Waals surface area contributed by atoms with E-state index in [1.54, 1.807) is 19.3 Å². The maximum absolute atomic E-state index is 14.7. The van der Waals surface area contributed by atoms with Crippen LogP contribution < -0.4 is 24.8 Å². The number of hydrogen-bond donors (Lipinski definition) is 3. The molecule has 3 fully saturated rings. The Labute approximate surface area is 347 Å². The van der Waals surface area contributed by atoms with Gasteiger partial charge < -0.3 is 25.0 Å². The first-order chi connectivity index (χ1) is 28.8. The quantitative estimate of drug-likeness (QED) is 0.127. The second kappa shape index (κ2) is 15.6. The van der Waals surface area contributed by atoms with E-state index in [0.717, 1.165) is 18.2 Å². The van der Waals surface area contributed by atoms with Gasteiger partial charge in [0, 0.05) is 42.4 Å². The third-order valence-electron chi connectivity index (χ3n) is 11.9. The number of nitrogens with one attached hydrogen (secondary N) is 3. The fourth-order valence-corrected chi connectivity index (χ4v) is 9.40. The van der Waals surface area contributed by atoms with Crippen molar-refractivity contribution in [1.82, 2.24) is 35.0 Å². The second-order valence-corrected chi connectivity index (χ2v) is 18.6. The van der Waals surface area contributed by atoms with E-state index in [9.17, 15) is 45.2 Å². The number of carbonyl (C=O) groups is 4. The van der Waals surface area contributed by atoms with Crippen molar-refractivity contribution >= 4 is 55.3 Å². The largest absolute Gasteiger partial charge is 0.573 e. The first kappa shape index (κ1) is 41.9. The molecule has 3 N–H and O–H groups in total. The van der Waals surface area contributed by atoms with E-state index in [1.165, 1.54) is 40.8 Å². The molecule has 8 rings (SSSR count). The van der Waals surface area contributed by atoms with Crippen molar-refractivity contribution in [2.75, 3.05) is 6.54 Å². The molecule has 2 aromatic heterocycles. The van der Waals surface area contributed by atoms with Crippen LogP contribution in [0.3, 0.4) is 0 Å². The van der Waals surface area contributed by atoms with Crippen LogP contribution in [-0.4, -0.2) is 93.1 Å². The van der Waals surface area contributed by atoms with E-state index in [4.69, 9.17) is 4.74 Å². The van der Waals surface area contributed by atoms with Crippen LogP contribution >= 0.6 is 0 Å². The summed E-state index contributed by atoms with van der Waals surface area (Å²) >= 11 is 0. The lowest BCUT2D eigenvalue weighted by atomic mass is 10.0. The summed E-state index contributed by atoms with van der Waals surface area (Å²) in [5.74, 6) is -4.83. The van der Waals surface area contributed by atoms with Crippen molar-refractivity contribution in [3.63, 3.8) is 0 Å². The van der Waals surface area contributed by atoms with Gasteiger partial charge in [-0.1, -0.05) is 25.0 Å². The Morgan fingerprint density at radius 3 is 2.51 bits per heavy atom. The van der Waals surface area contributed by atoms with E-state index in [0.29, 0.717) is 43.9 Å². The standard InChI is InChI=1S/C41H43F4N7O8S/c1-39(15-16-39)61(57,58)50-38(56)40-21-23(40)8-6-4-3-5-7-9-31(46-34(53)30-14-17-51(2)49-30)37(55)52-22-26(20-33(52)35(54)48-40)59-36-28-12-10-24(42)18-29(28)27-13-11-25(19-32(27)47-36)60-41(43,44)45/h6,8,10-14,17-19,23,26,31,33H,3-5,7,9,15-16,20-22H2,1-2H3,(H,46,53)(H,48,54)(H,50,56)/b8-6-/t23-,26-,31+,33+,40-/m1/s1. The van der Waals surface area contributed by atoms with Gasteiger partial charge in [-0.3, -0.25) is 28.6 Å². The minimum atomic E-state index is -5.00. The number of aromatic nitrogens is 3. The Kier molecular flexibility index (Phi) is 10.7. The van der Waals surface area contributed by atoms with E-state index in [-0.39, 0.29) is 53.7 Å². The van der Waals surface area contributed by atoms with E-state index < -0.39 is 86.0 Å². The number of carbonyl (C=O) groups excluding carboxylic acids is 4. The van der Waals surface area contributed by atoms with E-state index in [2.05, 4.69) is 30.2 Å². The monoisotopic (exact) mass is 869 g/mol. The maximum Gasteiger partial charge on any atom is 0.573 e. The van der Waals surface area contributed by atoms with Crippen molar-refractivity contribution in [3.8, 4) is 11.6 Å². The number of halogens is 4. The van der Waals surface area contributed by atoms with Crippen molar-refractivity contribution in [2.24, 2.45) is 13.0 Å². The lowest BCUT2D eigenvalue weighted by Gasteiger charge is -2.30. The van der Waals surface area contributed by atoms with Crippen LogP contribution in [0.2, 0.25) is 0 Å². The van der Waals surface area contributed by atoms with Crippen LogP contribution in [-0.2, 0) is 31.5 Å². The average molecular weight is 870 g/mol. The van der Waals surface area contributed by atoms with Gasteiger partial charge in [0.25, 0.3) is 11.8 Å². The Hall–Kier alpha value is -5.79. The molecule has 2 aromatic carbocycles. The highest BCUT2D eigenvalue weighted by atomic mass is 32.2. The Bertz CT molecular complexity index is 2580. The molecule has 4 aromatic rings. The normalized spacial score (nSPS) is 26.0. The van der Waals surface area contributed by atoms with Gasteiger partial charge >= 0.3 is 6.36 Å². The number of sulfonamides is 1. The molecule has 2 saturated carbocycles. The van der Waals surface area contributed by atoms with Crippen molar-refractivity contribution < 1.29 is 54.6 Å². The molecular weight excluding hydrogens is 827 g/mol. The summed E-state index contributed by atoms with van der Waals surface area (Å²) in [6, 6.07) is 6.17. The van der Waals surface area contributed by atoms with Crippen LogP contribution in [0.4, 0.5) is 17.6 Å². The lowest BCUT2D eigenvalue weighted by molar-refractivity contribution is -0.274. The molecular formula is C41H43F4N7O8S. The number of aryl methyl sites for hydroxylation is 1. The zero-order valence-electron chi connectivity index (χ0n) is 33.1. The molecule has 0 radical (unpaired) electrons. The predicted octanol–water partition coefficient (Wildman–Crippen LogP) is 4.70. The van der Waals surface area contributed by atoms with Gasteiger partial charge in [0.15, 0.2) is 0 Å². The first-order valence-corrected chi connectivity index (χ1v) is 21.4. The van der Waals surface area contributed by atoms with Gasteiger partial charge in [0.2, 0.25) is 27.7 Å². The molecule has 324 valence electrons. The van der Waals surface area contributed by atoms with Crippen LogP contribution in [0.15, 0.2) is 60.8 Å². The van der Waals surface area contributed by atoms with Gasteiger partial charge in [-0.15, -0.1) is 13.2 Å². The van der Waals surface area contributed by atoms with Crippen LogP contribution in [0.25, 0.3) is 21.7 Å². The molecule has 5 atom stereocenters. The van der Waals surface area contributed by atoms with Gasteiger partial charge in [0.1, 0.15) is 41.0 Å². The summed E-state index contributed by atoms with van der Waals surface area (Å²) in [6.45, 7) is 1.28. The third-order valence-corrected chi connectivity index (χ3v) is 14.1. The summed E-state index contributed by atoms with van der Waals surface area (Å²) in [7, 11) is -2.46. The van der Waals surface area contributed by atoms with Crippen LogP contribution in [0, 0.1) is 11.7 Å². The molecule has 2 aliphatic carbocycles. The Morgan fingerprint density at radius 2 is 1.79 bits per heavy atom. The molecule has 4 heterocycles. The molecule has 15 nitrogen and oxygen atoms in total. The number of alkyl halides is 3. The van der Waals surface area contributed by atoms with E-state index >= 15 is 0 Å². The summed E-state index contributed by atoms with van der Waals surface area (Å²) in [5.41, 5.74) is -1.61. The van der Waals surface area contributed by atoms with Crippen molar-refractivity contribution in [1.29, 1.82) is 0 Å². The number of pyridine rings is 1. The number of nitrogens with zero attached hydrogens (tertiary/aromatic N) is 4. The fourth-order valence-electron chi connectivity index (χ4n) is 8.09. The molecule has 61 heavy (non-hydrogen) atoms. The van der Waals surface area contributed by atoms with Crippen molar-refractivity contribution in [3.05, 3.63) is 72.3 Å². The Balaban J connectivity index is 1.14. The highest BCUT2D eigenvalue weighted by molar-refractivity contribution is 7.91. The minimum absolute atomic E-state index is 0.0235. The number of hydrogen-bond acceptors (Lipinski definition) is 10. The number of benzene rings is 2. The molecule has 0 spiro atoms. The SMILES string of the molecule is Cn1ccc(C(=O)N[C@H]2CCCCC/C=C\[C@@H]3C[C@@]3(C(=O)NS(=O)(=O)C3(C)CC3)NC(=O)[C@@H]3C[C@@H](Oc4nc5cc(OC(F)(F)F)ccc5c5cc(F)ccc45)CN3C2=O)n1. The fraction of sp³-hybridized carbons (Fsp3) is 0.463. The Morgan fingerprint density at radius 1 is 1.02 bits per heavy atom. The van der Waals surface area contributed by atoms with Crippen molar-refractivity contribution in [2.45, 2.75) is 99.5 Å². The molecule has 0 bridgehead atoms. The number of allylic oxidation sites excluding steroid dienone is 1. The van der Waals surface area contributed by atoms with Crippen LogP contribution in [0.5, 0.6) is 11.6 Å². The molecule has 1 saturated heterocycles. The summed E-state index contributed by atoms with van der Waals surface area (Å²) in [5, 5.41) is 10.6. The molecule has 2 aliphatic heterocycles. The summed E-state index contributed by atoms with van der Waals surface area (Å²) < 4.78 is 93.5. The lowest BCUT2D eigenvalue weighted by Crippen LogP contribution is -2.58. The number of ether oxygens (including phenoxy) is 2. The molecule has 4 aliphatic rings. The van der Waals surface area contributed by atoms with E-state index in [1.807, 2.05) is 6.08 Å². The number of amides is 4. The third kappa shape index (κ3) is 8.58. The highest BCUT2D eigenvalue weighted by Gasteiger charge is 2.63. The molecule has 20 heteroatoms. The topological polar surface area (TPSA) is 191 Å². The highest BCUT2D eigenvalue weighted by Crippen LogP contribution is 2.47. The zero-order valence-corrected chi connectivity index (χ0v) is 33.9. The second-order valence-electron chi connectivity index (χ2n) is 16.4. The number of rotatable bonds is 8. The van der Waals surface area contributed by atoms with Gasteiger partial charge in [-0.25, -0.2) is 17.8 Å². The van der Waals surface area contributed by atoms with Gasteiger partial charge in [-0.2, -0.15) is 5.10 Å². The smallest absolute Gasteiger partial charge is 0.472 e. The maximum atomic E-state index is 14.7. The van der Waals surface area contributed by atoms with Gasteiger partial charge in [0.05, 0.1) is 16.8 Å². The average Bonchev–Trinajstić information content (AvgIpc) is 3.99. The molecule has 4 amide bonds. The zero-order chi connectivity index (χ0) is 43.5. The van der Waals surface area contributed by atoms with Crippen LogP contribution in [0.1, 0.15) is 75.2 Å². The minimum Gasteiger partial charge on any atom is -0.472 e. The summed E-state index contributed by atoms with van der Waals surface area (Å²) in [4.78, 5) is 62.3.